The molecule has 0 aliphatic heterocycles. The molecule has 8 nitrogen and oxygen atoms in total. The van der Waals surface area contributed by atoms with Crippen LogP contribution in [0.1, 0.15) is 10.6 Å². The number of hydrogen-bond acceptors (Lipinski definition) is 6. The molecular formula is C17H13BrF2N4O4S. The number of amides is 1. The number of methoxy groups -OCH3 is 1. The van der Waals surface area contributed by atoms with Gasteiger partial charge in [-0.3, -0.25) is 4.79 Å². The maximum Gasteiger partial charge on any atom is 0.304 e. The van der Waals surface area contributed by atoms with Gasteiger partial charge < -0.3 is 4.74 Å². The summed E-state index contributed by atoms with van der Waals surface area (Å²) in [4.78, 5) is 15.9. The SMILES string of the molecule is COc1ccc(Br)cc1S(=O)(=O)NC(=O)c1nc(-c2c(F)cccc2F)n(C)n1. The lowest BCUT2D eigenvalue weighted by Crippen LogP contribution is -2.31. The van der Waals surface area contributed by atoms with E-state index in [0.29, 0.717) is 4.47 Å². The highest BCUT2D eigenvalue weighted by Crippen LogP contribution is 2.27. The third kappa shape index (κ3) is 4.12. The molecule has 0 bridgehead atoms. The summed E-state index contributed by atoms with van der Waals surface area (Å²) < 4.78 is 61.5. The molecule has 1 aromatic heterocycles. The molecular weight excluding hydrogens is 474 g/mol. The number of carbonyl (C=O) groups is 1. The minimum atomic E-state index is -4.35. The van der Waals surface area contributed by atoms with Crippen LogP contribution in [-0.2, 0) is 17.1 Å². The fraction of sp³-hybridized carbons (Fsp3) is 0.118. The van der Waals surface area contributed by atoms with E-state index in [-0.39, 0.29) is 16.5 Å². The van der Waals surface area contributed by atoms with Crippen LogP contribution in [0.2, 0.25) is 0 Å². The molecule has 0 aliphatic carbocycles. The number of halogens is 3. The Morgan fingerprint density at radius 1 is 1.21 bits per heavy atom. The highest BCUT2D eigenvalue weighted by Gasteiger charge is 2.27. The minimum Gasteiger partial charge on any atom is -0.495 e. The number of sulfonamides is 1. The Kier molecular flexibility index (Phi) is 5.66. The molecule has 3 rings (SSSR count). The zero-order valence-electron chi connectivity index (χ0n) is 15.0. The van der Waals surface area contributed by atoms with E-state index in [9.17, 15) is 22.0 Å². The molecule has 0 aliphatic rings. The number of nitrogens with one attached hydrogen (secondary N) is 1. The van der Waals surface area contributed by atoms with E-state index in [4.69, 9.17) is 4.74 Å². The summed E-state index contributed by atoms with van der Waals surface area (Å²) in [5.41, 5.74) is -0.488. The van der Waals surface area contributed by atoms with Crippen LogP contribution >= 0.6 is 15.9 Å². The first-order valence-electron chi connectivity index (χ1n) is 7.90. The number of nitrogens with zero attached hydrogens (tertiary/aromatic N) is 3. The quantitative estimate of drug-likeness (QED) is 0.594. The summed E-state index contributed by atoms with van der Waals surface area (Å²) in [6.07, 6.45) is 0. The molecule has 0 spiro atoms. The van der Waals surface area contributed by atoms with E-state index >= 15 is 0 Å². The second-order valence-electron chi connectivity index (χ2n) is 5.71. The molecule has 1 heterocycles. The summed E-state index contributed by atoms with van der Waals surface area (Å²) in [5, 5.41) is 3.76. The molecule has 1 N–H and O–H groups in total. The van der Waals surface area contributed by atoms with Crippen LogP contribution < -0.4 is 9.46 Å². The van der Waals surface area contributed by atoms with Crippen molar-refractivity contribution in [3.63, 3.8) is 0 Å². The van der Waals surface area contributed by atoms with E-state index in [1.807, 2.05) is 4.72 Å². The summed E-state index contributed by atoms with van der Waals surface area (Å²) in [6, 6.07) is 7.45. The maximum absolute atomic E-state index is 14.0. The number of rotatable bonds is 5. The summed E-state index contributed by atoms with van der Waals surface area (Å²) in [5.74, 6) is -3.83. The number of ether oxygens (including phenoxy) is 1. The Bertz CT molecular complexity index is 1190. The van der Waals surface area contributed by atoms with Crippen molar-refractivity contribution in [1.29, 1.82) is 0 Å². The second kappa shape index (κ2) is 7.87. The number of carbonyl (C=O) groups excluding carboxylic acids is 1. The van der Waals surface area contributed by atoms with Crippen LogP contribution in [0.5, 0.6) is 5.75 Å². The van der Waals surface area contributed by atoms with Crippen molar-refractivity contribution in [2.45, 2.75) is 4.90 Å². The number of benzene rings is 2. The average Bonchev–Trinajstić information content (AvgIpc) is 3.03. The van der Waals surface area contributed by atoms with E-state index in [0.717, 1.165) is 16.8 Å². The van der Waals surface area contributed by atoms with Crippen LogP contribution in [0.3, 0.4) is 0 Å². The fourth-order valence-corrected chi connectivity index (χ4v) is 4.15. The van der Waals surface area contributed by atoms with Crippen molar-refractivity contribution in [1.82, 2.24) is 19.5 Å². The van der Waals surface area contributed by atoms with Crippen LogP contribution in [0.4, 0.5) is 8.78 Å². The molecule has 0 radical (unpaired) electrons. The Balaban J connectivity index is 1.96. The van der Waals surface area contributed by atoms with Gasteiger partial charge in [0.2, 0.25) is 5.82 Å². The Labute approximate surface area is 172 Å². The standard InChI is InChI=1S/C17H13BrF2N4O4S/c1-24-16(14-10(19)4-3-5-11(14)20)21-15(22-24)17(25)23-29(26,27)13-8-9(18)6-7-12(13)28-2/h3-8H,1-2H3,(H,23,25). The van der Waals surface area contributed by atoms with Crippen molar-refractivity contribution >= 4 is 31.9 Å². The minimum absolute atomic E-state index is 0.0107. The largest absolute Gasteiger partial charge is 0.495 e. The molecule has 29 heavy (non-hydrogen) atoms. The lowest BCUT2D eigenvalue weighted by atomic mass is 10.2. The van der Waals surface area contributed by atoms with Gasteiger partial charge in [-0.05, 0) is 30.3 Å². The van der Waals surface area contributed by atoms with Gasteiger partial charge in [0.1, 0.15) is 22.3 Å². The van der Waals surface area contributed by atoms with Crippen molar-refractivity contribution in [3.05, 3.63) is 58.3 Å². The van der Waals surface area contributed by atoms with Crippen molar-refractivity contribution in [2.24, 2.45) is 7.05 Å². The maximum atomic E-state index is 14.0. The molecule has 0 fully saturated rings. The molecule has 0 unspecified atom stereocenters. The Morgan fingerprint density at radius 3 is 2.48 bits per heavy atom. The molecule has 0 saturated heterocycles. The van der Waals surface area contributed by atoms with E-state index in [1.54, 1.807) is 6.07 Å². The topological polar surface area (TPSA) is 103 Å². The van der Waals surface area contributed by atoms with Gasteiger partial charge in [0, 0.05) is 11.5 Å². The molecule has 3 aromatic rings. The van der Waals surface area contributed by atoms with E-state index in [2.05, 4.69) is 26.0 Å². The van der Waals surface area contributed by atoms with Gasteiger partial charge in [0.25, 0.3) is 10.0 Å². The third-order valence-corrected chi connectivity index (χ3v) is 5.64. The van der Waals surface area contributed by atoms with Crippen molar-refractivity contribution < 1.29 is 26.7 Å². The lowest BCUT2D eigenvalue weighted by Gasteiger charge is -2.10. The van der Waals surface area contributed by atoms with Gasteiger partial charge in [0.15, 0.2) is 5.82 Å². The predicted molar refractivity (Wildman–Crippen MR) is 102 cm³/mol. The van der Waals surface area contributed by atoms with Crippen LogP contribution in [0, 0.1) is 11.6 Å². The molecule has 2 aromatic carbocycles. The molecule has 152 valence electrons. The van der Waals surface area contributed by atoms with Crippen molar-refractivity contribution in [2.75, 3.05) is 7.11 Å². The van der Waals surface area contributed by atoms with Gasteiger partial charge in [-0.15, -0.1) is 5.10 Å². The van der Waals surface area contributed by atoms with Gasteiger partial charge in [0.05, 0.1) is 12.7 Å². The Hall–Kier alpha value is -2.86. The van der Waals surface area contributed by atoms with E-state index < -0.39 is 39.0 Å². The third-order valence-electron chi connectivity index (χ3n) is 3.79. The summed E-state index contributed by atoms with van der Waals surface area (Å²) in [7, 11) is -1.76. The van der Waals surface area contributed by atoms with Gasteiger partial charge in [-0.1, -0.05) is 22.0 Å². The smallest absolute Gasteiger partial charge is 0.304 e. The second-order valence-corrected chi connectivity index (χ2v) is 8.28. The zero-order valence-corrected chi connectivity index (χ0v) is 17.4. The van der Waals surface area contributed by atoms with Gasteiger partial charge in [-0.25, -0.2) is 31.6 Å². The molecule has 0 atom stereocenters. The first-order valence-corrected chi connectivity index (χ1v) is 10.2. The first-order chi connectivity index (χ1) is 13.6. The predicted octanol–water partition coefficient (Wildman–Crippen LogP) is 2.65. The van der Waals surface area contributed by atoms with Crippen molar-refractivity contribution in [3.8, 4) is 17.1 Å². The zero-order chi connectivity index (χ0) is 21.3. The number of aryl methyl sites for hydroxylation is 1. The molecule has 0 saturated carbocycles. The van der Waals surface area contributed by atoms with E-state index in [1.165, 1.54) is 32.4 Å². The summed E-state index contributed by atoms with van der Waals surface area (Å²) in [6.45, 7) is 0. The van der Waals surface area contributed by atoms with Crippen LogP contribution in [-0.4, -0.2) is 36.2 Å². The molecule has 1 amide bonds. The Morgan fingerprint density at radius 2 is 1.86 bits per heavy atom. The van der Waals surface area contributed by atoms with Crippen LogP contribution in [0.25, 0.3) is 11.4 Å². The molecule has 12 heteroatoms. The highest BCUT2D eigenvalue weighted by atomic mass is 79.9. The number of hydrogen-bond donors (Lipinski definition) is 1. The van der Waals surface area contributed by atoms with Crippen LogP contribution in [0.15, 0.2) is 45.8 Å². The highest BCUT2D eigenvalue weighted by molar-refractivity contribution is 9.10. The normalized spacial score (nSPS) is 11.3. The number of aromatic nitrogens is 3. The monoisotopic (exact) mass is 486 g/mol. The first kappa shape index (κ1) is 20.9. The van der Waals surface area contributed by atoms with Gasteiger partial charge in [-0.2, -0.15) is 0 Å². The average molecular weight is 487 g/mol. The van der Waals surface area contributed by atoms with Gasteiger partial charge >= 0.3 is 5.91 Å². The summed E-state index contributed by atoms with van der Waals surface area (Å²) >= 11 is 3.15. The fourth-order valence-electron chi connectivity index (χ4n) is 2.49. The lowest BCUT2D eigenvalue weighted by molar-refractivity contribution is 0.0971.